The second kappa shape index (κ2) is 13.4. The Morgan fingerprint density at radius 1 is 0.872 bits per heavy atom. The molecule has 0 saturated carbocycles. The van der Waals surface area contributed by atoms with Gasteiger partial charge in [0.15, 0.2) is 0 Å². The zero-order chi connectivity index (χ0) is 28.6. The van der Waals surface area contributed by atoms with E-state index >= 15 is 0 Å². The van der Waals surface area contributed by atoms with Crippen molar-refractivity contribution in [2.45, 2.75) is 59.2 Å². The molecule has 3 aromatic carbocycles. The molecule has 0 aliphatic rings. The van der Waals surface area contributed by atoms with Crippen LogP contribution in [0.5, 0.6) is 0 Å². The molecule has 0 unspecified atom stereocenters. The molecule has 2 atom stereocenters. The number of carbonyl (C=O) groups is 2. The van der Waals surface area contributed by atoms with Gasteiger partial charge in [-0.15, -0.1) is 0 Å². The lowest BCUT2D eigenvalue weighted by molar-refractivity contribution is -0.140. The quantitative estimate of drug-likeness (QED) is 0.357. The van der Waals surface area contributed by atoms with E-state index in [1.807, 2.05) is 94.4 Å². The van der Waals surface area contributed by atoms with Gasteiger partial charge in [0.05, 0.1) is 11.9 Å². The largest absolute Gasteiger partial charge is 0.352 e. The topological polar surface area (TPSA) is 86.8 Å². The summed E-state index contributed by atoms with van der Waals surface area (Å²) < 4.78 is 26.9. The van der Waals surface area contributed by atoms with Crippen LogP contribution in [-0.4, -0.2) is 50.0 Å². The van der Waals surface area contributed by atoms with Crippen molar-refractivity contribution in [1.29, 1.82) is 0 Å². The average Bonchev–Trinajstić information content (AvgIpc) is 2.91. The number of anilines is 1. The highest BCUT2D eigenvalue weighted by atomic mass is 32.2. The second-order valence-electron chi connectivity index (χ2n) is 10.1. The van der Waals surface area contributed by atoms with Gasteiger partial charge in [-0.1, -0.05) is 73.7 Å². The van der Waals surface area contributed by atoms with Crippen LogP contribution < -0.4 is 9.62 Å². The van der Waals surface area contributed by atoms with Crippen LogP contribution >= 0.6 is 0 Å². The van der Waals surface area contributed by atoms with E-state index in [1.165, 1.54) is 4.90 Å². The Hall–Kier alpha value is -3.65. The third-order valence-electron chi connectivity index (χ3n) is 6.93. The summed E-state index contributed by atoms with van der Waals surface area (Å²) in [5.41, 5.74) is 4.11. The minimum atomic E-state index is -3.79. The van der Waals surface area contributed by atoms with E-state index in [9.17, 15) is 18.0 Å². The summed E-state index contributed by atoms with van der Waals surface area (Å²) >= 11 is 0. The van der Waals surface area contributed by atoms with Crippen molar-refractivity contribution in [3.63, 3.8) is 0 Å². The summed E-state index contributed by atoms with van der Waals surface area (Å²) in [5, 5.41) is 3.04. The summed E-state index contributed by atoms with van der Waals surface area (Å²) in [7, 11) is -3.79. The van der Waals surface area contributed by atoms with Gasteiger partial charge >= 0.3 is 0 Å². The number of hydrogen-bond acceptors (Lipinski definition) is 4. The molecule has 3 aromatic rings. The number of nitrogens with one attached hydrogen (secondary N) is 1. The van der Waals surface area contributed by atoms with Gasteiger partial charge in [0.1, 0.15) is 12.6 Å². The number of nitrogens with zero attached hydrogens (tertiary/aromatic N) is 2. The first-order valence-electron chi connectivity index (χ1n) is 13.2. The SMILES string of the molecule is CC[C@H](C)NC(=O)[C@@H](Cc1ccccc1)N(Cc1ccccc1)C(=O)CN(c1ccc(C)c(C)c1)S(C)(=O)=O. The predicted octanol–water partition coefficient (Wildman–Crippen LogP) is 4.62. The number of rotatable bonds is 12. The summed E-state index contributed by atoms with van der Waals surface area (Å²) in [6.45, 7) is 7.49. The minimum absolute atomic E-state index is 0.0764. The maximum Gasteiger partial charge on any atom is 0.244 e. The molecule has 8 heteroatoms. The molecule has 3 rings (SSSR count). The van der Waals surface area contributed by atoms with Crippen LogP contribution in [0.25, 0.3) is 0 Å². The summed E-state index contributed by atoms with van der Waals surface area (Å²) in [6, 6.07) is 23.4. The van der Waals surface area contributed by atoms with Gasteiger partial charge in [0, 0.05) is 19.0 Å². The maximum atomic E-state index is 14.1. The first-order valence-corrected chi connectivity index (χ1v) is 15.1. The van der Waals surface area contributed by atoms with E-state index in [-0.39, 0.29) is 18.5 Å². The van der Waals surface area contributed by atoms with Gasteiger partial charge in [-0.2, -0.15) is 0 Å². The maximum absolute atomic E-state index is 14.1. The van der Waals surface area contributed by atoms with Crippen LogP contribution in [0, 0.1) is 13.8 Å². The zero-order valence-electron chi connectivity index (χ0n) is 23.4. The van der Waals surface area contributed by atoms with Gasteiger partial charge in [-0.25, -0.2) is 8.42 Å². The molecule has 0 heterocycles. The fraction of sp³-hybridized carbons (Fsp3) is 0.355. The molecular weight excluding hydrogens is 510 g/mol. The normalized spacial score (nSPS) is 12.8. The van der Waals surface area contributed by atoms with Crippen molar-refractivity contribution in [3.05, 3.63) is 101 Å². The summed E-state index contributed by atoms with van der Waals surface area (Å²) in [6.07, 6.45) is 2.13. The van der Waals surface area contributed by atoms with E-state index in [1.54, 1.807) is 12.1 Å². The molecular formula is C31H39N3O4S. The van der Waals surface area contributed by atoms with Crippen molar-refractivity contribution in [1.82, 2.24) is 10.2 Å². The number of benzene rings is 3. The summed E-state index contributed by atoms with van der Waals surface area (Å²) in [4.78, 5) is 29.2. The van der Waals surface area contributed by atoms with Crippen LogP contribution in [-0.2, 0) is 32.6 Å². The van der Waals surface area contributed by atoms with Crippen LogP contribution in [0.3, 0.4) is 0 Å². The van der Waals surface area contributed by atoms with E-state index in [0.717, 1.165) is 39.2 Å². The fourth-order valence-electron chi connectivity index (χ4n) is 4.27. The highest BCUT2D eigenvalue weighted by Gasteiger charge is 2.33. The molecule has 39 heavy (non-hydrogen) atoms. The van der Waals surface area contributed by atoms with Crippen molar-refractivity contribution < 1.29 is 18.0 Å². The van der Waals surface area contributed by atoms with Crippen molar-refractivity contribution in [2.24, 2.45) is 0 Å². The smallest absolute Gasteiger partial charge is 0.244 e. The molecule has 0 saturated heterocycles. The highest BCUT2D eigenvalue weighted by molar-refractivity contribution is 7.92. The number of hydrogen-bond donors (Lipinski definition) is 1. The van der Waals surface area contributed by atoms with Gasteiger partial charge < -0.3 is 10.2 Å². The molecule has 7 nitrogen and oxygen atoms in total. The lowest BCUT2D eigenvalue weighted by Crippen LogP contribution is -2.54. The molecule has 0 radical (unpaired) electrons. The first kappa shape index (κ1) is 29.9. The van der Waals surface area contributed by atoms with Gasteiger partial charge in [0.25, 0.3) is 0 Å². The molecule has 2 amide bonds. The molecule has 1 N–H and O–H groups in total. The Bertz CT molecular complexity index is 1360. The molecule has 0 bridgehead atoms. The van der Waals surface area contributed by atoms with Crippen LogP contribution in [0.4, 0.5) is 5.69 Å². The van der Waals surface area contributed by atoms with Crippen molar-refractivity contribution in [3.8, 4) is 0 Å². The second-order valence-corrected chi connectivity index (χ2v) is 12.0. The van der Waals surface area contributed by atoms with Crippen LogP contribution in [0.1, 0.15) is 42.5 Å². The molecule has 0 aliphatic heterocycles. The highest BCUT2D eigenvalue weighted by Crippen LogP contribution is 2.23. The van der Waals surface area contributed by atoms with E-state index in [0.29, 0.717) is 12.1 Å². The first-order chi connectivity index (χ1) is 18.5. The molecule has 208 valence electrons. The van der Waals surface area contributed by atoms with Crippen molar-refractivity contribution in [2.75, 3.05) is 17.1 Å². The lowest BCUT2D eigenvalue weighted by atomic mass is 10.0. The Morgan fingerprint density at radius 3 is 2.00 bits per heavy atom. The Morgan fingerprint density at radius 2 is 1.46 bits per heavy atom. The van der Waals surface area contributed by atoms with Crippen LogP contribution in [0.15, 0.2) is 78.9 Å². The van der Waals surface area contributed by atoms with E-state index in [4.69, 9.17) is 0 Å². The third-order valence-corrected chi connectivity index (χ3v) is 8.07. The number of carbonyl (C=O) groups excluding carboxylic acids is 2. The fourth-order valence-corrected chi connectivity index (χ4v) is 5.11. The van der Waals surface area contributed by atoms with E-state index < -0.39 is 28.5 Å². The monoisotopic (exact) mass is 549 g/mol. The Balaban J connectivity index is 2.05. The minimum Gasteiger partial charge on any atom is -0.352 e. The molecule has 0 spiro atoms. The number of sulfonamides is 1. The van der Waals surface area contributed by atoms with Crippen LogP contribution in [0.2, 0.25) is 0 Å². The van der Waals surface area contributed by atoms with Gasteiger partial charge in [0.2, 0.25) is 21.8 Å². The average molecular weight is 550 g/mol. The Kier molecular flexibility index (Phi) is 10.3. The number of aryl methyl sites for hydroxylation is 2. The predicted molar refractivity (Wildman–Crippen MR) is 157 cm³/mol. The lowest BCUT2D eigenvalue weighted by Gasteiger charge is -2.34. The standard InChI is InChI=1S/C31H39N3O4S/c1-6-25(4)32-31(36)29(20-26-13-9-7-10-14-26)33(21-27-15-11-8-12-16-27)30(35)22-34(39(5,37)38)28-18-17-23(2)24(3)19-28/h7-19,25,29H,6,20-22H2,1-5H3,(H,32,36)/t25-,29+/m0/s1. The summed E-state index contributed by atoms with van der Waals surface area (Å²) in [5.74, 6) is -0.725. The van der Waals surface area contributed by atoms with Gasteiger partial charge in [-0.3, -0.25) is 13.9 Å². The Labute approximate surface area is 232 Å². The molecule has 0 aromatic heterocycles. The van der Waals surface area contributed by atoms with E-state index in [2.05, 4.69) is 5.32 Å². The molecule has 0 aliphatic carbocycles. The number of amides is 2. The molecule has 0 fully saturated rings. The third kappa shape index (κ3) is 8.42. The van der Waals surface area contributed by atoms with Gasteiger partial charge in [-0.05, 0) is 61.6 Å². The van der Waals surface area contributed by atoms with Crippen molar-refractivity contribution >= 4 is 27.5 Å². The zero-order valence-corrected chi connectivity index (χ0v) is 24.2.